The second-order valence-electron chi connectivity index (χ2n) is 7.90. The molecule has 2 aromatic rings. The number of hydrogen-bond donors (Lipinski definition) is 1. The van der Waals surface area contributed by atoms with E-state index in [1.54, 1.807) is 19.2 Å². The van der Waals surface area contributed by atoms with Crippen molar-refractivity contribution < 1.29 is 19.0 Å². The molecule has 7 heteroatoms. The Bertz CT molecular complexity index is 895. The van der Waals surface area contributed by atoms with E-state index < -0.39 is 0 Å². The SMILES string of the molecule is CCCOc1c(Br)cc(C(=O)Nc2ccccc2CN2CC(C)OC(C)C2)cc1OC. The predicted molar refractivity (Wildman–Crippen MR) is 126 cm³/mol. The van der Waals surface area contributed by atoms with Crippen LogP contribution >= 0.6 is 15.9 Å². The number of carbonyl (C=O) groups is 1. The molecule has 0 aromatic heterocycles. The van der Waals surface area contributed by atoms with Crippen molar-refractivity contribution in [2.45, 2.75) is 45.9 Å². The lowest BCUT2D eigenvalue weighted by Crippen LogP contribution is -2.44. The Morgan fingerprint density at radius 3 is 2.61 bits per heavy atom. The summed E-state index contributed by atoms with van der Waals surface area (Å²) in [6, 6.07) is 11.4. The first-order chi connectivity index (χ1) is 14.9. The number of para-hydroxylation sites is 1. The van der Waals surface area contributed by atoms with Crippen LogP contribution < -0.4 is 14.8 Å². The van der Waals surface area contributed by atoms with E-state index in [-0.39, 0.29) is 18.1 Å². The van der Waals surface area contributed by atoms with Crippen LogP contribution in [0.15, 0.2) is 40.9 Å². The number of hydrogen-bond acceptors (Lipinski definition) is 5. The largest absolute Gasteiger partial charge is 0.493 e. The van der Waals surface area contributed by atoms with Crippen LogP contribution in [-0.4, -0.2) is 49.8 Å². The average Bonchev–Trinajstić information content (AvgIpc) is 2.73. The molecule has 2 atom stereocenters. The third kappa shape index (κ3) is 6.21. The molecule has 2 unspecified atom stereocenters. The molecule has 0 saturated carbocycles. The molecule has 0 aliphatic carbocycles. The molecule has 0 bridgehead atoms. The predicted octanol–water partition coefficient (Wildman–Crippen LogP) is 5.11. The van der Waals surface area contributed by atoms with Gasteiger partial charge in [0.25, 0.3) is 5.91 Å². The van der Waals surface area contributed by atoms with Gasteiger partial charge < -0.3 is 19.5 Å². The molecule has 6 nitrogen and oxygen atoms in total. The summed E-state index contributed by atoms with van der Waals surface area (Å²) in [7, 11) is 1.57. The summed E-state index contributed by atoms with van der Waals surface area (Å²) >= 11 is 3.51. The summed E-state index contributed by atoms with van der Waals surface area (Å²) in [5.41, 5.74) is 2.38. The molecule has 3 rings (SSSR count). The summed E-state index contributed by atoms with van der Waals surface area (Å²) < 4.78 is 17.7. The van der Waals surface area contributed by atoms with Crippen LogP contribution in [0.5, 0.6) is 11.5 Å². The third-order valence-electron chi connectivity index (χ3n) is 5.10. The van der Waals surface area contributed by atoms with E-state index in [1.165, 1.54) is 0 Å². The van der Waals surface area contributed by atoms with E-state index >= 15 is 0 Å². The van der Waals surface area contributed by atoms with E-state index in [1.807, 2.05) is 25.1 Å². The van der Waals surface area contributed by atoms with Crippen LogP contribution in [0.2, 0.25) is 0 Å². The number of morpholine rings is 1. The van der Waals surface area contributed by atoms with Crippen molar-refractivity contribution in [1.82, 2.24) is 4.90 Å². The molecule has 0 spiro atoms. The van der Waals surface area contributed by atoms with Crippen molar-refractivity contribution in [2.75, 3.05) is 32.1 Å². The molecule has 1 saturated heterocycles. The number of rotatable bonds is 8. The van der Waals surface area contributed by atoms with Crippen LogP contribution in [0.3, 0.4) is 0 Å². The van der Waals surface area contributed by atoms with Gasteiger partial charge in [-0.3, -0.25) is 9.69 Å². The van der Waals surface area contributed by atoms with E-state index in [4.69, 9.17) is 14.2 Å². The molecule has 1 heterocycles. The van der Waals surface area contributed by atoms with Gasteiger partial charge in [0, 0.05) is 30.9 Å². The number of nitrogens with one attached hydrogen (secondary N) is 1. The van der Waals surface area contributed by atoms with Gasteiger partial charge in [0.2, 0.25) is 0 Å². The number of benzene rings is 2. The lowest BCUT2D eigenvalue weighted by Gasteiger charge is -2.35. The molecule has 1 N–H and O–H groups in total. The number of halogens is 1. The molecular weight excluding hydrogens is 460 g/mol. The van der Waals surface area contributed by atoms with Crippen molar-refractivity contribution in [1.29, 1.82) is 0 Å². The topological polar surface area (TPSA) is 60.0 Å². The molecule has 1 aliphatic heterocycles. The van der Waals surface area contributed by atoms with Crippen molar-refractivity contribution in [2.24, 2.45) is 0 Å². The zero-order valence-electron chi connectivity index (χ0n) is 18.6. The fraction of sp³-hybridized carbons (Fsp3) is 0.458. The molecule has 1 amide bonds. The van der Waals surface area contributed by atoms with Crippen LogP contribution in [-0.2, 0) is 11.3 Å². The normalized spacial score (nSPS) is 19.1. The first-order valence-electron chi connectivity index (χ1n) is 10.7. The van der Waals surface area contributed by atoms with Crippen LogP contribution in [0.4, 0.5) is 5.69 Å². The van der Waals surface area contributed by atoms with Crippen LogP contribution in [0, 0.1) is 0 Å². The maximum atomic E-state index is 13.0. The minimum Gasteiger partial charge on any atom is -0.493 e. The van der Waals surface area contributed by atoms with Crippen LogP contribution in [0.1, 0.15) is 43.1 Å². The molecule has 168 valence electrons. The quantitative estimate of drug-likeness (QED) is 0.557. The second kappa shape index (κ2) is 11.0. The number of anilines is 1. The van der Waals surface area contributed by atoms with Crippen molar-refractivity contribution in [3.8, 4) is 11.5 Å². The van der Waals surface area contributed by atoms with E-state index in [2.05, 4.69) is 46.1 Å². The number of ether oxygens (including phenoxy) is 3. The first kappa shape index (κ1) is 23.6. The standard InChI is InChI=1S/C24H31BrN2O4/c1-5-10-30-23-20(25)11-19(12-22(23)29-4)24(28)26-21-9-7-6-8-18(21)15-27-13-16(2)31-17(3)14-27/h6-9,11-12,16-17H,5,10,13-15H2,1-4H3,(H,26,28). The Labute approximate surface area is 193 Å². The van der Waals surface area contributed by atoms with Gasteiger partial charge in [-0.15, -0.1) is 0 Å². The fourth-order valence-corrected chi connectivity index (χ4v) is 4.38. The lowest BCUT2D eigenvalue weighted by atomic mass is 10.1. The highest BCUT2D eigenvalue weighted by molar-refractivity contribution is 9.10. The molecule has 1 fully saturated rings. The van der Waals surface area contributed by atoms with E-state index in [9.17, 15) is 4.79 Å². The van der Waals surface area contributed by atoms with Gasteiger partial charge >= 0.3 is 0 Å². The highest BCUT2D eigenvalue weighted by Gasteiger charge is 2.23. The monoisotopic (exact) mass is 490 g/mol. The maximum absolute atomic E-state index is 13.0. The molecule has 0 radical (unpaired) electrons. The summed E-state index contributed by atoms with van der Waals surface area (Å²) in [6.45, 7) is 9.30. The Hall–Kier alpha value is -2.09. The van der Waals surface area contributed by atoms with Gasteiger partial charge in [0.1, 0.15) is 0 Å². The number of amides is 1. The average molecular weight is 491 g/mol. The Morgan fingerprint density at radius 2 is 1.94 bits per heavy atom. The smallest absolute Gasteiger partial charge is 0.255 e. The van der Waals surface area contributed by atoms with Crippen LogP contribution in [0.25, 0.3) is 0 Å². The summed E-state index contributed by atoms with van der Waals surface area (Å²) in [4.78, 5) is 15.4. The van der Waals surface area contributed by atoms with Gasteiger partial charge in [0.15, 0.2) is 11.5 Å². The Kier molecular flexibility index (Phi) is 8.35. The van der Waals surface area contributed by atoms with Gasteiger partial charge in [-0.25, -0.2) is 0 Å². The fourth-order valence-electron chi connectivity index (χ4n) is 3.82. The Balaban J connectivity index is 1.77. The number of nitrogens with zero attached hydrogens (tertiary/aromatic N) is 1. The molecule has 1 aliphatic rings. The Morgan fingerprint density at radius 1 is 1.23 bits per heavy atom. The highest BCUT2D eigenvalue weighted by Crippen LogP contribution is 2.37. The molecule has 2 aromatic carbocycles. The van der Waals surface area contributed by atoms with Gasteiger partial charge in [-0.1, -0.05) is 25.1 Å². The lowest BCUT2D eigenvalue weighted by molar-refractivity contribution is -0.0704. The third-order valence-corrected chi connectivity index (χ3v) is 5.69. The minimum absolute atomic E-state index is 0.197. The minimum atomic E-state index is -0.197. The zero-order chi connectivity index (χ0) is 22.4. The summed E-state index contributed by atoms with van der Waals surface area (Å²) in [6.07, 6.45) is 1.28. The number of methoxy groups -OCH3 is 1. The van der Waals surface area contributed by atoms with Crippen molar-refractivity contribution in [3.63, 3.8) is 0 Å². The van der Waals surface area contributed by atoms with Gasteiger partial charge in [0.05, 0.1) is 30.4 Å². The van der Waals surface area contributed by atoms with Gasteiger partial charge in [-0.05, 0) is 60.0 Å². The van der Waals surface area contributed by atoms with E-state index in [0.29, 0.717) is 28.1 Å². The first-order valence-corrected chi connectivity index (χ1v) is 11.5. The van der Waals surface area contributed by atoms with E-state index in [0.717, 1.165) is 37.3 Å². The molecule has 31 heavy (non-hydrogen) atoms. The molecular formula is C24H31BrN2O4. The summed E-state index contributed by atoms with van der Waals surface area (Å²) in [5.74, 6) is 0.937. The second-order valence-corrected chi connectivity index (χ2v) is 8.75. The summed E-state index contributed by atoms with van der Waals surface area (Å²) in [5, 5.41) is 3.07. The zero-order valence-corrected chi connectivity index (χ0v) is 20.2. The maximum Gasteiger partial charge on any atom is 0.255 e. The van der Waals surface area contributed by atoms with Gasteiger partial charge in [-0.2, -0.15) is 0 Å². The van der Waals surface area contributed by atoms with Crippen molar-refractivity contribution >= 4 is 27.5 Å². The van der Waals surface area contributed by atoms with Crippen molar-refractivity contribution in [3.05, 3.63) is 52.0 Å². The highest BCUT2D eigenvalue weighted by atomic mass is 79.9. The number of carbonyl (C=O) groups excluding carboxylic acids is 1.